The molecule has 1 N–H and O–H groups in total. The number of allylic oxidation sites excluding steroid dienone is 2. The number of quaternary nitrogens is 1. The van der Waals surface area contributed by atoms with Gasteiger partial charge in [-0.15, -0.1) is 0 Å². The van der Waals surface area contributed by atoms with Crippen LogP contribution in [-0.2, 0) is 33.3 Å². The third-order valence-electron chi connectivity index (χ3n) is 18.3. The van der Waals surface area contributed by atoms with Gasteiger partial charge in [0.2, 0.25) is 0 Å². The predicted molar refractivity (Wildman–Crippen MR) is 378 cm³/mol. The molecule has 9 heteroatoms. The third kappa shape index (κ3) is 71.5. The van der Waals surface area contributed by atoms with E-state index in [4.69, 9.17) is 18.9 Å². The van der Waals surface area contributed by atoms with Crippen LogP contribution in [0.1, 0.15) is 418 Å². The normalized spacial score (nSPS) is 12.6. The summed E-state index contributed by atoms with van der Waals surface area (Å²) in [5.74, 6) is -1.97. The van der Waals surface area contributed by atoms with Crippen molar-refractivity contribution < 1.29 is 42.9 Å². The Kier molecular flexibility index (Phi) is 69.3. The number of esters is 2. The molecule has 0 heterocycles. The van der Waals surface area contributed by atoms with Crippen LogP contribution in [0.3, 0.4) is 0 Å². The van der Waals surface area contributed by atoms with Crippen LogP contribution in [0.25, 0.3) is 0 Å². The molecule has 0 bridgehead atoms. The maximum atomic E-state index is 13.0. The fourth-order valence-corrected chi connectivity index (χ4v) is 12.3. The van der Waals surface area contributed by atoms with Crippen molar-refractivity contribution in [1.29, 1.82) is 0 Å². The first-order valence-electron chi connectivity index (χ1n) is 39.4. The lowest BCUT2D eigenvalue weighted by molar-refractivity contribution is -0.870. The van der Waals surface area contributed by atoms with E-state index in [2.05, 4.69) is 26.0 Å². The fraction of sp³-hybridized carbons (Fsp3) is 0.937. The van der Waals surface area contributed by atoms with Crippen LogP contribution in [0.5, 0.6) is 0 Å². The van der Waals surface area contributed by atoms with Crippen molar-refractivity contribution in [1.82, 2.24) is 0 Å². The number of hydrogen-bond donors (Lipinski definition) is 1. The highest BCUT2D eigenvalue weighted by Crippen LogP contribution is 2.20. The molecule has 88 heavy (non-hydrogen) atoms. The van der Waals surface area contributed by atoms with Crippen LogP contribution >= 0.6 is 0 Å². The summed E-state index contributed by atoms with van der Waals surface area (Å²) < 4.78 is 23.1. The highest BCUT2D eigenvalue weighted by atomic mass is 16.7. The van der Waals surface area contributed by atoms with Crippen LogP contribution in [0.2, 0.25) is 0 Å². The molecule has 522 valence electrons. The smallest absolute Gasteiger partial charge is 0.361 e. The van der Waals surface area contributed by atoms with Crippen molar-refractivity contribution in [2.24, 2.45) is 0 Å². The first-order chi connectivity index (χ1) is 43.1. The Morgan fingerprint density at radius 2 is 0.580 bits per heavy atom. The molecule has 0 fully saturated rings. The highest BCUT2D eigenvalue weighted by Gasteiger charge is 2.25. The van der Waals surface area contributed by atoms with Crippen LogP contribution in [-0.4, -0.2) is 87.4 Å². The molecule has 9 nitrogen and oxygen atoms in total. The van der Waals surface area contributed by atoms with E-state index >= 15 is 0 Å². The molecule has 0 aromatic heterocycles. The van der Waals surface area contributed by atoms with Crippen molar-refractivity contribution in [3.05, 3.63) is 12.2 Å². The zero-order chi connectivity index (χ0) is 64.0. The average molecular weight is 1250 g/mol. The second-order valence-electron chi connectivity index (χ2n) is 28.4. The van der Waals surface area contributed by atoms with Gasteiger partial charge in [-0.3, -0.25) is 9.59 Å². The van der Waals surface area contributed by atoms with E-state index in [-0.39, 0.29) is 38.2 Å². The lowest BCUT2D eigenvalue weighted by Gasteiger charge is -2.25. The minimum Gasteiger partial charge on any atom is -0.477 e. The largest absolute Gasteiger partial charge is 0.477 e. The molecule has 0 radical (unpaired) electrons. The number of nitrogens with zero attached hydrogens (tertiary/aromatic N) is 1. The lowest BCUT2D eigenvalue weighted by Crippen LogP contribution is -2.40. The first-order valence-corrected chi connectivity index (χ1v) is 39.4. The zero-order valence-corrected chi connectivity index (χ0v) is 59.9. The number of ether oxygens (including phenoxy) is 4. The van der Waals surface area contributed by atoms with Crippen LogP contribution < -0.4 is 0 Å². The van der Waals surface area contributed by atoms with Crippen LogP contribution in [0.15, 0.2) is 12.2 Å². The number of carboxylic acids is 1. The monoisotopic (exact) mass is 1250 g/mol. The van der Waals surface area contributed by atoms with E-state index in [1.165, 1.54) is 353 Å². The molecule has 0 saturated carbocycles. The molecule has 0 spiro atoms. The minimum atomic E-state index is -1.51. The molecule has 2 atom stereocenters. The van der Waals surface area contributed by atoms with E-state index in [9.17, 15) is 19.5 Å². The number of aliphatic carboxylic acids is 1. The number of unbranched alkanes of at least 4 members (excludes halogenated alkanes) is 58. The quantitative estimate of drug-likeness (QED) is 0.0211. The summed E-state index contributed by atoms with van der Waals surface area (Å²) in [5, 5.41) is 9.77. The van der Waals surface area contributed by atoms with E-state index in [0.29, 0.717) is 17.4 Å². The maximum Gasteiger partial charge on any atom is 0.361 e. The number of likely N-dealkylation sites (N-methyl/N-ethyl adjacent to an activating group) is 1. The number of hydrogen-bond acceptors (Lipinski definition) is 7. The molecular weight excluding hydrogens is 1090 g/mol. The second-order valence-corrected chi connectivity index (χ2v) is 28.4. The van der Waals surface area contributed by atoms with E-state index in [0.717, 1.165) is 38.5 Å². The summed E-state index contributed by atoms with van der Waals surface area (Å²) in [4.78, 5) is 37.7. The van der Waals surface area contributed by atoms with E-state index < -0.39 is 18.4 Å². The summed E-state index contributed by atoms with van der Waals surface area (Å²) in [7, 11) is 6.00. The predicted octanol–water partition coefficient (Wildman–Crippen LogP) is 24.8. The van der Waals surface area contributed by atoms with Crippen LogP contribution in [0, 0.1) is 0 Å². The Labute approximate surface area is 548 Å². The number of carbonyl (C=O) groups is 3. The fourth-order valence-electron chi connectivity index (χ4n) is 12.3. The van der Waals surface area contributed by atoms with E-state index in [1.807, 2.05) is 21.1 Å². The molecule has 0 rings (SSSR count). The Morgan fingerprint density at radius 3 is 0.841 bits per heavy atom. The zero-order valence-electron chi connectivity index (χ0n) is 59.9. The average Bonchev–Trinajstić information content (AvgIpc) is 3.50. The number of carbonyl (C=O) groups excluding carboxylic acids is 2. The Morgan fingerprint density at radius 1 is 0.330 bits per heavy atom. The Bertz CT molecular complexity index is 1450. The van der Waals surface area contributed by atoms with Gasteiger partial charge in [-0.25, -0.2) is 4.79 Å². The van der Waals surface area contributed by atoms with Crippen molar-refractivity contribution in [3.63, 3.8) is 0 Å². The van der Waals surface area contributed by atoms with Crippen molar-refractivity contribution >= 4 is 17.9 Å². The van der Waals surface area contributed by atoms with E-state index in [1.54, 1.807) is 0 Å². The van der Waals surface area contributed by atoms with Gasteiger partial charge < -0.3 is 28.5 Å². The number of carboxylic acid groups (broad SMARTS) is 1. The Hall–Kier alpha value is -1.97. The SMILES string of the molecule is CCCCCCCCCC/C=C\CCCCCCCCCCCCCCCCCCCCCC(=O)OC(COC(=O)CCCCCCCCCCCCCCCCCCCCCCCCCCCCCCCCCC)COC(OCC[N+](C)(C)C)C(=O)O. The van der Waals surface area contributed by atoms with Gasteiger partial charge in [-0.05, 0) is 38.5 Å². The minimum absolute atomic E-state index is 0.173. The Balaban J connectivity index is 3.97. The molecule has 0 amide bonds. The second kappa shape index (κ2) is 70.9. The molecule has 0 aromatic rings. The molecule has 0 aliphatic heterocycles. The van der Waals surface area contributed by atoms with Gasteiger partial charge in [0.15, 0.2) is 6.10 Å². The summed E-state index contributed by atoms with van der Waals surface area (Å²) >= 11 is 0. The van der Waals surface area contributed by atoms with Gasteiger partial charge in [0, 0.05) is 12.8 Å². The maximum absolute atomic E-state index is 13.0. The topological polar surface area (TPSA) is 108 Å². The van der Waals surface area contributed by atoms with Gasteiger partial charge in [0.1, 0.15) is 13.2 Å². The van der Waals surface area contributed by atoms with Gasteiger partial charge in [0.25, 0.3) is 6.29 Å². The lowest BCUT2D eigenvalue weighted by atomic mass is 10.0. The molecule has 0 aromatic carbocycles. The van der Waals surface area contributed by atoms with Gasteiger partial charge in [0.05, 0.1) is 34.4 Å². The van der Waals surface area contributed by atoms with Crippen molar-refractivity contribution in [2.45, 2.75) is 431 Å². The summed E-state index contributed by atoms with van der Waals surface area (Å²) in [6.45, 7) is 4.97. The van der Waals surface area contributed by atoms with Crippen molar-refractivity contribution in [3.8, 4) is 0 Å². The van der Waals surface area contributed by atoms with Gasteiger partial charge >= 0.3 is 17.9 Å². The van der Waals surface area contributed by atoms with Gasteiger partial charge in [-0.2, -0.15) is 0 Å². The molecule has 0 saturated heterocycles. The highest BCUT2D eigenvalue weighted by molar-refractivity contribution is 5.71. The van der Waals surface area contributed by atoms with Gasteiger partial charge in [-0.1, -0.05) is 379 Å². The summed E-state index contributed by atoms with van der Waals surface area (Å²) in [5.41, 5.74) is 0. The third-order valence-corrected chi connectivity index (χ3v) is 18.3. The molecule has 0 aliphatic rings. The number of rotatable bonds is 75. The van der Waals surface area contributed by atoms with Crippen LogP contribution in [0.4, 0.5) is 0 Å². The molecular formula is C79H154NO8+. The summed E-state index contributed by atoms with van der Waals surface area (Å²) in [6.07, 6.45) is 85.1. The molecule has 0 aliphatic carbocycles. The first kappa shape index (κ1) is 86.0. The standard InChI is InChI=1S/C79H153NO8/c1-6-8-10-12-14-16-18-20-22-24-26-28-30-32-34-36-38-40-41-43-45-47-49-51-53-55-57-59-61-63-65-67-69-76(81)86-73-75(74-87-79(78(83)84)85-72-71-80(3,4)5)88-77(82)70-68-66-64-62-60-58-56-54-52-50-48-46-44-42-39-37-35-33-31-29-27-25-23-21-19-17-15-13-11-9-7-2/h25,27,75,79H,6-24,26,28-74H2,1-5H3/p+1/b27-25-. The summed E-state index contributed by atoms with van der Waals surface area (Å²) in [6, 6.07) is 0. The molecule has 2 unspecified atom stereocenters. The van der Waals surface area contributed by atoms with Crippen molar-refractivity contribution in [2.75, 3.05) is 47.5 Å².